The molecule has 104 valence electrons. The van der Waals surface area contributed by atoms with Crippen LogP contribution in [0.25, 0.3) is 6.08 Å². The second kappa shape index (κ2) is 7.50. The van der Waals surface area contributed by atoms with Crippen LogP contribution < -0.4 is 5.32 Å². The van der Waals surface area contributed by atoms with Crippen LogP contribution >= 0.6 is 11.6 Å². The van der Waals surface area contributed by atoms with Crippen molar-refractivity contribution in [3.05, 3.63) is 59.1 Å². The first-order valence-corrected chi connectivity index (χ1v) is 6.81. The lowest BCUT2D eigenvalue weighted by Crippen LogP contribution is -2.22. The molecule has 1 aromatic carbocycles. The molecule has 0 unspecified atom stereocenters. The maximum absolute atomic E-state index is 11.6. The van der Waals surface area contributed by atoms with Crippen molar-refractivity contribution < 1.29 is 4.79 Å². The van der Waals surface area contributed by atoms with E-state index in [4.69, 9.17) is 11.6 Å². The highest BCUT2D eigenvalue weighted by Crippen LogP contribution is 2.10. The fourth-order valence-corrected chi connectivity index (χ4v) is 1.83. The van der Waals surface area contributed by atoms with Crippen molar-refractivity contribution in [1.82, 2.24) is 15.3 Å². The van der Waals surface area contributed by atoms with Crippen LogP contribution in [0.2, 0.25) is 5.02 Å². The van der Waals surface area contributed by atoms with E-state index in [1.807, 2.05) is 12.1 Å². The molecular formula is C15H16ClN3O. The Morgan fingerprint density at radius 2 is 2.15 bits per heavy atom. The van der Waals surface area contributed by atoms with Gasteiger partial charge in [0, 0.05) is 36.5 Å². The summed E-state index contributed by atoms with van der Waals surface area (Å²) < 4.78 is 0. The molecule has 0 fully saturated rings. The van der Waals surface area contributed by atoms with Crippen molar-refractivity contribution in [1.29, 1.82) is 0 Å². The van der Waals surface area contributed by atoms with Gasteiger partial charge in [0.15, 0.2) is 0 Å². The summed E-state index contributed by atoms with van der Waals surface area (Å²) in [5, 5.41) is 3.52. The van der Waals surface area contributed by atoms with Crippen molar-refractivity contribution in [2.75, 3.05) is 6.54 Å². The molecule has 0 aliphatic heterocycles. The normalized spacial score (nSPS) is 10.8. The predicted octanol–water partition coefficient (Wildman–Crippen LogP) is 2.83. The highest BCUT2D eigenvalue weighted by atomic mass is 35.5. The molecule has 0 saturated heterocycles. The van der Waals surface area contributed by atoms with Gasteiger partial charge in [-0.25, -0.2) is 4.98 Å². The van der Waals surface area contributed by atoms with E-state index in [0.717, 1.165) is 24.2 Å². The zero-order chi connectivity index (χ0) is 14.2. The van der Waals surface area contributed by atoms with Gasteiger partial charge in [-0.15, -0.1) is 0 Å². The summed E-state index contributed by atoms with van der Waals surface area (Å²) in [7, 11) is 0. The number of halogens is 1. The average molecular weight is 290 g/mol. The van der Waals surface area contributed by atoms with E-state index in [1.54, 1.807) is 30.6 Å². The lowest BCUT2D eigenvalue weighted by molar-refractivity contribution is -0.116. The first-order valence-electron chi connectivity index (χ1n) is 6.44. The summed E-state index contributed by atoms with van der Waals surface area (Å²) in [6, 6.07) is 7.32. The number of carbonyl (C=O) groups excluding carboxylic acids is 1. The Kier molecular flexibility index (Phi) is 5.38. The fraction of sp³-hybridized carbons (Fsp3) is 0.200. The molecule has 2 rings (SSSR count). The third-order valence-corrected chi connectivity index (χ3v) is 2.99. The molecule has 0 radical (unpaired) electrons. The molecule has 1 heterocycles. The van der Waals surface area contributed by atoms with E-state index >= 15 is 0 Å². The van der Waals surface area contributed by atoms with Crippen molar-refractivity contribution in [3.8, 4) is 0 Å². The molecule has 2 aromatic rings. The molecule has 20 heavy (non-hydrogen) atoms. The van der Waals surface area contributed by atoms with Crippen LogP contribution in [-0.2, 0) is 11.2 Å². The highest BCUT2D eigenvalue weighted by molar-refractivity contribution is 6.30. The minimum atomic E-state index is -0.0978. The standard InChI is InChI=1S/C15H16ClN3O/c16-13-6-3-12(4-7-13)5-8-15(20)19-9-1-2-14-17-10-11-18-14/h3-8,10-11H,1-2,9H2,(H,17,18)(H,19,20)/b8-5+. The van der Waals surface area contributed by atoms with Crippen LogP contribution in [0.5, 0.6) is 0 Å². The van der Waals surface area contributed by atoms with E-state index in [0.29, 0.717) is 11.6 Å². The highest BCUT2D eigenvalue weighted by Gasteiger charge is 1.97. The lowest BCUT2D eigenvalue weighted by atomic mass is 10.2. The van der Waals surface area contributed by atoms with Gasteiger partial charge < -0.3 is 10.3 Å². The lowest BCUT2D eigenvalue weighted by Gasteiger charge is -2.01. The summed E-state index contributed by atoms with van der Waals surface area (Å²) in [5.74, 6) is 0.843. The maximum Gasteiger partial charge on any atom is 0.243 e. The van der Waals surface area contributed by atoms with Crippen molar-refractivity contribution in [2.45, 2.75) is 12.8 Å². The molecule has 4 nitrogen and oxygen atoms in total. The van der Waals surface area contributed by atoms with Crippen molar-refractivity contribution >= 4 is 23.6 Å². The van der Waals surface area contributed by atoms with Gasteiger partial charge in [-0.1, -0.05) is 23.7 Å². The monoisotopic (exact) mass is 289 g/mol. The average Bonchev–Trinajstić information content (AvgIpc) is 2.96. The number of nitrogens with zero attached hydrogens (tertiary/aromatic N) is 1. The zero-order valence-corrected chi connectivity index (χ0v) is 11.7. The molecule has 0 bridgehead atoms. The number of aromatic amines is 1. The summed E-state index contributed by atoms with van der Waals surface area (Å²) in [5.41, 5.74) is 0.945. The van der Waals surface area contributed by atoms with Gasteiger partial charge in [0.1, 0.15) is 5.82 Å². The third-order valence-electron chi connectivity index (χ3n) is 2.74. The Labute approximate surface area is 122 Å². The van der Waals surface area contributed by atoms with E-state index in [1.165, 1.54) is 6.08 Å². The maximum atomic E-state index is 11.6. The third kappa shape index (κ3) is 4.90. The van der Waals surface area contributed by atoms with Gasteiger partial charge in [0.05, 0.1) is 0 Å². The number of aromatic nitrogens is 2. The number of H-pyrrole nitrogens is 1. The van der Waals surface area contributed by atoms with Gasteiger partial charge in [0.2, 0.25) is 5.91 Å². The number of hydrogen-bond acceptors (Lipinski definition) is 2. The molecule has 0 aliphatic carbocycles. The molecule has 1 amide bonds. The number of carbonyl (C=O) groups is 1. The van der Waals surface area contributed by atoms with Gasteiger partial charge in [0.25, 0.3) is 0 Å². The molecule has 0 aliphatic rings. The number of hydrogen-bond donors (Lipinski definition) is 2. The Balaban J connectivity index is 1.68. The second-order valence-electron chi connectivity index (χ2n) is 4.32. The molecule has 5 heteroatoms. The summed E-state index contributed by atoms with van der Waals surface area (Å²) in [4.78, 5) is 18.7. The SMILES string of the molecule is O=C(/C=C/c1ccc(Cl)cc1)NCCCc1ncc[nH]1. The summed E-state index contributed by atoms with van der Waals surface area (Å²) >= 11 is 5.79. The second-order valence-corrected chi connectivity index (χ2v) is 4.75. The largest absolute Gasteiger partial charge is 0.353 e. The van der Waals surface area contributed by atoms with E-state index in [-0.39, 0.29) is 5.91 Å². The molecule has 1 aromatic heterocycles. The number of benzene rings is 1. The zero-order valence-electron chi connectivity index (χ0n) is 11.0. The van der Waals surface area contributed by atoms with Crippen LogP contribution in [0.3, 0.4) is 0 Å². The van der Waals surface area contributed by atoms with Crippen LogP contribution in [0.4, 0.5) is 0 Å². The topological polar surface area (TPSA) is 57.8 Å². The number of amides is 1. The van der Waals surface area contributed by atoms with Crippen LogP contribution in [0.1, 0.15) is 17.8 Å². The Hall–Kier alpha value is -2.07. The van der Waals surface area contributed by atoms with Gasteiger partial charge in [-0.05, 0) is 30.2 Å². The first kappa shape index (κ1) is 14.3. The number of nitrogens with one attached hydrogen (secondary N) is 2. The van der Waals surface area contributed by atoms with E-state index < -0.39 is 0 Å². The van der Waals surface area contributed by atoms with Crippen LogP contribution in [0, 0.1) is 0 Å². The molecule has 0 spiro atoms. The van der Waals surface area contributed by atoms with Gasteiger partial charge in [-0.2, -0.15) is 0 Å². The smallest absolute Gasteiger partial charge is 0.243 e. The van der Waals surface area contributed by atoms with E-state index in [2.05, 4.69) is 15.3 Å². The van der Waals surface area contributed by atoms with Crippen LogP contribution in [0.15, 0.2) is 42.7 Å². The van der Waals surface area contributed by atoms with E-state index in [9.17, 15) is 4.79 Å². The molecule has 0 atom stereocenters. The molecule has 2 N–H and O–H groups in total. The Morgan fingerprint density at radius 1 is 1.35 bits per heavy atom. The summed E-state index contributed by atoms with van der Waals surface area (Å²) in [6.45, 7) is 0.629. The number of aryl methyl sites for hydroxylation is 1. The summed E-state index contributed by atoms with van der Waals surface area (Å²) in [6.07, 6.45) is 8.49. The fourth-order valence-electron chi connectivity index (χ4n) is 1.71. The van der Waals surface area contributed by atoms with Gasteiger partial charge >= 0.3 is 0 Å². The molecular weight excluding hydrogens is 274 g/mol. The quantitative estimate of drug-likeness (QED) is 0.634. The minimum absolute atomic E-state index is 0.0978. The molecule has 0 saturated carbocycles. The van der Waals surface area contributed by atoms with Gasteiger partial charge in [-0.3, -0.25) is 4.79 Å². The Morgan fingerprint density at radius 3 is 2.85 bits per heavy atom. The minimum Gasteiger partial charge on any atom is -0.353 e. The number of imidazole rings is 1. The van der Waals surface area contributed by atoms with Crippen LogP contribution in [-0.4, -0.2) is 22.4 Å². The first-order chi connectivity index (χ1) is 9.74. The number of rotatable bonds is 6. The Bertz CT molecular complexity index is 561. The van der Waals surface area contributed by atoms with Crippen molar-refractivity contribution in [2.24, 2.45) is 0 Å². The predicted molar refractivity (Wildman–Crippen MR) is 80.4 cm³/mol. The van der Waals surface area contributed by atoms with Crippen molar-refractivity contribution in [3.63, 3.8) is 0 Å².